The Hall–Kier alpha value is -3.23. The smallest absolute Gasteiger partial charge is 0.308 e. The van der Waals surface area contributed by atoms with E-state index < -0.39 is 18.5 Å². The van der Waals surface area contributed by atoms with Crippen LogP contribution in [0.3, 0.4) is 0 Å². The molecule has 2 aliphatic carbocycles. The molecule has 1 aromatic heterocycles. The number of aromatic amines is 1. The average Bonchev–Trinajstić information content (AvgIpc) is 3.35. The van der Waals surface area contributed by atoms with Crippen molar-refractivity contribution in [2.45, 2.75) is 46.5 Å². The van der Waals surface area contributed by atoms with Crippen LogP contribution >= 0.6 is 0 Å². The quantitative estimate of drug-likeness (QED) is 0.452. The van der Waals surface area contributed by atoms with Gasteiger partial charge in [-0.25, -0.2) is 5.43 Å². The third-order valence-electron chi connectivity index (χ3n) is 7.49. The topological polar surface area (TPSA) is 126 Å². The van der Waals surface area contributed by atoms with Crippen molar-refractivity contribution in [1.82, 2.24) is 20.9 Å². The maximum Gasteiger partial charge on any atom is 0.308 e. The summed E-state index contributed by atoms with van der Waals surface area (Å²) in [5, 5.41) is 14.5. The van der Waals surface area contributed by atoms with Gasteiger partial charge < -0.3 is 10.1 Å². The Kier molecular flexibility index (Phi) is 5.75. The molecule has 2 aliphatic rings. The molecule has 9 heteroatoms. The molecule has 1 heterocycles. The number of fused-ring (bicyclic) bond motifs is 3. The third kappa shape index (κ3) is 3.87. The van der Waals surface area contributed by atoms with Crippen LogP contribution in [0.1, 0.15) is 56.9 Å². The SMILES string of the molecule is CC12CCC(C/C1=N/NC(=O)COC(=O)CCNC(=O)c1n[nH]c3ccccc13)C2(C)C. The van der Waals surface area contributed by atoms with Gasteiger partial charge in [0.05, 0.1) is 11.9 Å². The fourth-order valence-electron chi connectivity index (χ4n) is 4.98. The summed E-state index contributed by atoms with van der Waals surface area (Å²) in [4.78, 5) is 36.3. The number of hydrogen-bond donors (Lipinski definition) is 3. The summed E-state index contributed by atoms with van der Waals surface area (Å²) in [6.07, 6.45) is 3.12. The Balaban J connectivity index is 1.18. The van der Waals surface area contributed by atoms with E-state index in [2.05, 4.69) is 46.8 Å². The molecule has 2 amide bonds. The summed E-state index contributed by atoms with van der Waals surface area (Å²) in [5.74, 6) is -0.836. The highest BCUT2D eigenvalue weighted by molar-refractivity contribution is 6.04. The van der Waals surface area contributed by atoms with Crippen molar-refractivity contribution in [3.63, 3.8) is 0 Å². The number of para-hydroxylation sites is 1. The largest absolute Gasteiger partial charge is 0.455 e. The van der Waals surface area contributed by atoms with Gasteiger partial charge in [0.15, 0.2) is 12.3 Å². The van der Waals surface area contributed by atoms with Crippen LogP contribution in [0, 0.1) is 16.7 Å². The van der Waals surface area contributed by atoms with Crippen LogP contribution in [0.4, 0.5) is 0 Å². The zero-order chi connectivity index (χ0) is 22.9. The van der Waals surface area contributed by atoms with Crippen LogP contribution in [0.25, 0.3) is 10.9 Å². The van der Waals surface area contributed by atoms with E-state index in [0.29, 0.717) is 11.3 Å². The van der Waals surface area contributed by atoms with Gasteiger partial charge in [-0.05, 0) is 36.7 Å². The molecule has 32 heavy (non-hydrogen) atoms. The van der Waals surface area contributed by atoms with E-state index in [1.165, 1.54) is 6.42 Å². The Morgan fingerprint density at radius 1 is 1.25 bits per heavy atom. The fourth-order valence-corrected chi connectivity index (χ4v) is 4.98. The minimum atomic E-state index is -0.576. The van der Waals surface area contributed by atoms with E-state index in [-0.39, 0.29) is 35.4 Å². The highest BCUT2D eigenvalue weighted by Gasteiger charge is 2.60. The van der Waals surface area contributed by atoms with Gasteiger partial charge >= 0.3 is 5.97 Å². The Bertz CT molecular complexity index is 1090. The maximum absolute atomic E-state index is 12.3. The van der Waals surface area contributed by atoms with Crippen LogP contribution in [0.2, 0.25) is 0 Å². The second-order valence-corrected chi connectivity index (χ2v) is 9.37. The molecular weight excluding hydrogens is 410 g/mol. The Morgan fingerprint density at radius 2 is 2.03 bits per heavy atom. The number of nitrogens with zero attached hydrogens (tertiary/aromatic N) is 2. The second kappa shape index (κ2) is 8.37. The number of H-pyrrole nitrogens is 1. The molecule has 2 atom stereocenters. The van der Waals surface area contributed by atoms with Gasteiger partial charge in [-0.1, -0.05) is 39.0 Å². The molecule has 2 aromatic rings. The number of esters is 1. The van der Waals surface area contributed by atoms with Crippen LogP contribution in [-0.4, -0.2) is 46.8 Å². The van der Waals surface area contributed by atoms with Crippen molar-refractivity contribution >= 4 is 34.4 Å². The van der Waals surface area contributed by atoms with Gasteiger partial charge in [-0.15, -0.1) is 0 Å². The first-order chi connectivity index (χ1) is 15.2. The van der Waals surface area contributed by atoms with Crippen LogP contribution in [0.15, 0.2) is 29.4 Å². The normalized spacial score (nSPS) is 24.6. The highest BCUT2D eigenvalue weighted by Crippen LogP contribution is 2.63. The first kappa shape index (κ1) is 22.0. The number of benzene rings is 1. The Labute approximate surface area is 186 Å². The van der Waals surface area contributed by atoms with E-state index in [4.69, 9.17) is 4.74 Å². The summed E-state index contributed by atoms with van der Waals surface area (Å²) >= 11 is 0. The third-order valence-corrected chi connectivity index (χ3v) is 7.49. The molecule has 170 valence electrons. The molecule has 1 aromatic carbocycles. The maximum atomic E-state index is 12.3. The molecule has 2 unspecified atom stereocenters. The lowest BCUT2D eigenvalue weighted by Gasteiger charge is -2.34. The second-order valence-electron chi connectivity index (χ2n) is 9.37. The van der Waals surface area contributed by atoms with E-state index in [1.807, 2.05) is 18.2 Å². The fraction of sp³-hybridized carbons (Fsp3) is 0.522. The molecule has 0 aliphatic heterocycles. The van der Waals surface area contributed by atoms with Crippen molar-refractivity contribution in [2.75, 3.05) is 13.2 Å². The molecule has 2 fully saturated rings. The van der Waals surface area contributed by atoms with Gasteiger partial charge in [0.2, 0.25) is 0 Å². The van der Waals surface area contributed by atoms with E-state index >= 15 is 0 Å². The lowest BCUT2D eigenvalue weighted by Crippen LogP contribution is -2.35. The number of carbonyl (C=O) groups is 3. The molecular formula is C23H29N5O4. The molecule has 0 radical (unpaired) electrons. The lowest BCUT2D eigenvalue weighted by molar-refractivity contribution is -0.148. The van der Waals surface area contributed by atoms with Gasteiger partial charge in [-0.3, -0.25) is 19.5 Å². The predicted octanol–water partition coefficient (Wildman–Crippen LogP) is 2.54. The summed E-state index contributed by atoms with van der Waals surface area (Å²) in [6, 6.07) is 7.28. The summed E-state index contributed by atoms with van der Waals surface area (Å²) < 4.78 is 5.00. The minimum Gasteiger partial charge on any atom is -0.455 e. The predicted molar refractivity (Wildman–Crippen MR) is 119 cm³/mol. The summed E-state index contributed by atoms with van der Waals surface area (Å²) in [7, 11) is 0. The molecule has 3 N–H and O–H groups in total. The summed E-state index contributed by atoms with van der Waals surface area (Å²) in [6.45, 7) is 6.42. The number of rotatable bonds is 7. The Morgan fingerprint density at radius 3 is 2.75 bits per heavy atom. The number of ether oxygens (including phenoxy) is 1. The molecule has 0 saturated heterocycles. The monoisotopic (exact) mass is 439 g/mol. The van der Waals surface area contributed by atoms with E-state index in [1.54, 1.807) is 6.07 Å². The van der Waals surface area contributed by atoms with E-state index in [0.717, 1.165) is 24.1 Å². The number of aromatic nitrogens is 2. The molecule has 2 saturated carbocycles. The van der Waals surface area contributed by atoms with Crippen molar-refractivity contribution in [1.29, 1.82) is 0 Å². The zero-order valence-corrected chi connectivity index (χ0v) is 18.7. The highest BCUT2D eigenvalue weighted by atomic mass is 16.5. The van der Waals surface area contributed by atoms with Gasteiger partial charge in [0, 0.05) is 23.1 Å². The summed E-state index contributed by atoms with van der Waals surface area (Å²) in [5.41, 5.74) is 4.75. The van der Waals surface area contributed by atoms with E-state index in [9.17, 15) is 14.4 Å². The zero-order valence-electron chi connectivity index (χ0n) is 18.7. The number of hydrazone groups is 1. The average molecular weight is 440 g/mol. The van der Waals surface area contributed by atoms with Crippen molar-refractivity contribution in [3.05, 3.63) is 30.0 Å². The van der Waals surface area contributed by atoms with Crippen molar-refractivity contribution in [2.24, 2.45) is 21.8 Å². The lowest BCUT2D eigenvalue weighted by atomic mass is 9.70. The van der Waals surface area contributed by atoms with Gasteiger partial charge in [0.25, 0.3) is 11.8 Å². The molecule has 2 bridgehead atoms. The first-order valence-corrected chi connectivity index (χ1v) is 10.9. The van der Waals surface area contributed by atoms with Crippen LogP contribution < -0.4 is 10.7 Å². The first-order valence-electron chi connectivity index (χ1n) is 10.9. The minimum absolute atomic E-state index is 0.000517. The number of carbonyl (C=O) groups excluding carboxylic acids is 3. The van der Waals surface area contributed by atoms with Gasteiger partial charge in [0.1, 0.15) is 0 Å². The van der Waals surface area contributed by atoms with Crippen LogP contribution in [0.5, 0.6) is 0 Å². The van der Waals surface area contributed by atoms with Crippen molar-refractivity contribution < 1.29 is 19.1 Å². The number of nitrogens with one attached hydrogen (secondary N) is 3. The molecule has 0 spiro atoms. The van der Waals surface area contributed by atoms with Gasteiger partial charge in [-0.2, -0.15) is 10.2 Å². The standard InChI is InChI=1S/C23H29N5O4/c1-22(2)14-8-10-23(22,3)17(12-14)26-27-18(29)13-32-19(30)9-11-24-21(31)20-15-6-4-5-7-16(15)25-28-20/h4-7,14H,8-13H2,1-3H3,(H,24,31)(H,25,28)(H,27,29)/b26-17-. The number of hydrogen-bond acceptors (Lipinski definition) is 6. The van der Waals surface area contributed by atoms with Crippen LogP contribution in [-0.2, 0) is 14.3 Å². The molecule has 4 rings (SSSR count). The molecule has 9 nitrogen and oxygen atoms in total. The van der Waals surface area contributed by atoms with Crippen molar-refractivity contribution in [3.8, 4) is 0 Å². The number of amides is 2.